The number of benzene rings is 1. The molecule has 1 aromatic carbocycles. The Balaban J connectivity index is 1.48. The Morgan fingerprint density at radius 3 is 2.87 bits per heavy atom. The highest BCUT2D eigenvalue weighted by Crippen LogP contribution is 2.52. The fourth-order valence-electron chi connectivity index (χ4n) is 5.04. The quantitative estimate of drug-likeness (QED) is 0.665. The number of carbonyl (C=O) groups is 2. The molecule has 0 unspecified atom stereocenters. The topological polar surface area (TPSA) is 67.9 Å². The summed E-state index contributed by atoms with van der Waals surface area (Å²) in [5, 5.41) is 3.14. The van der Waals surface area contributed by atoms with Crippen molar-refractivity contribution in [1.82, 2.24) is 5.32 Å². The molecule has 30 heavy (non-hydrogen) atoms. The van der Waals surface area contributed by atoms with Crippen molar-refractivity contribution in [3.05, 3.63) is 36.4 Å². The van der Waals surface area contributed by atoms with Gasteiger partial charge in [0.2, 0.25) is 11.8 Å². The molecule has 3 aliphatic rings. The summed E-state index contributed by atoms with van der Waals surface area (Å²) in [6.45, 7) is 6.88. The fraction of sp³-hybridized carbons (Fsp3) is 0.583. The maximum atomic E-state index is 13.4. The maximum absolute atomic E-state index is 13.4. The molecule has 2 bridgehead atoms. The molecule has 3 aliphatic heterocycles. The van der Waals surface area contributed by atoms with E-state index in [2.05, 4.69) is 19.2 Å². The molecule has 0 saturated carbocycles. The molecule has 1 spiro atoms. The summed E-state index contributed by atoms with van der Waals surface area (Å²) in [7, 11) is 1.61. The van der Waals surface area contributed by atoms with E-state index in [4.69, 9.17) is 9.47 Å². The van der Waals surface area contributed by atoms with Crippen LogP contribution < -0.4 is 15.0 Å². The molecule has 2 saturated heterocycles. The number of anilines is 1. The standard InChI is InChI=1S/C24H32N2O4/c1-15(2)7-5-8-16(3)25-22(27)20-19-11-12-24(30-19)14-26(23(28)21(20)24)17-9-6-10-18(13-17)29-4/h6,9-13,15-16,19-21H,5,7-8,14H2,1-4H3,(H,25,27)/t16-,19-,20+,21+,24-/m1/s1. The smallest absolute Gasteiger partial charge is 0.234 e. The summed E-state index contributed by atoms with van der Waals surface area (Å²) < 4.78 is 11.5. The molecule has 162 valence electrons. The van der Waals surface area contributed by atoms with Crippen LogP contribution in [0, 0.1) is 17.8 Å². The average molecular weight is 413 g/mol. The number of hydrogen-bond donors (Lipinski definition) is 1. The molecule has 2 fully saturated rings. The van der Waals surface area contributed by atoms with E-state index in [1.165, 1.54) is 0 Å². The Bertz CT molecular complexity index is 851. The number of ether oxygens (including phenoxy) is 2. The molecule has 2 amide bonds. The van der Waals surface area contributed by atoms with Crippen molar-refractivity contribution >= 4 is 17.5 Å². The van der Waals surface area contributed by atoms with Gasteiger partial charge in [-0.2, -0.15) is 0 Å². The number of amides is 2. The van der Waals surface area contributed by atoms with Crippen LogP contribution in [0.3, 0.4) is 0 Å². The van der Waals surface area contributed by atoms with Crippen LogP contribution in [-0.4, -0.2) is 43.2 Å². The first-order valence-corrected chi connectivity index (χ1v) is 11.0. The Morgan fingerprint density at radius 2 is 2.13 bits per heavy atom. The normalized spacial score (nSPS) is 30.1. The molecule has 1 N–H and O–H groups in total. The molecule has 6 nitrogen and oxygen atoms in total. The van der Waals surface area contributed by atoms with Crippen molar-refractivity contribution < 1.29 is 19.1 Å². The molecule has 4 rings (SSSR count). The van der Waals surface area contributed by atoms with E-state index < -0.39 is 17.4 Å². The van der Waals surface area contributed by atoms with Gasteiger partial charge in [0.1, 0.15) is 11.4 Å². The first-order chi connectivity index (χ1) is 14.3. The highest BCUT2D eigenvalue weighted by atomic mass is 16.5. The van der Waals surface area contributed by atoms with Gasteiger partial charge in [0.15, 0.2) is 0 Å². The van der Waals surface area contributed by atoms with Crippen molar-refractivity contribution in [2.45, 2.75) is 57.8 Å². The summed E-state index contributed by atoms with van der Waals surface area (Å²) in [5.74, 6) is 0.264. The monoisotopic (exact) mass is 412 g/mol. The highest BCUT2D eigenvalue weighted by Gasteiger charge is 2.67. The molecule has 0 radical (unpaired) electrons. The minimum atomic E-state index is -0.715. The summed E-state index contributed by atoms with van der Waals surface area (Å²) in [6, 6.07) is 7.53. The number of fused-ring (bicyclic) bond motifs is 1. The van der Waals surface area contributed by atoms with Gasteiger partial charge < -0.3 is 19.7 Å². The number of hydrogen-bond acceptors (Lipinski definition) is 4. The lowest BCUT2D eigenvalue weighted by atomic mass is 9.76. The molecule has 0 aliphatic carbocycles. The zero-order valence-electron chi connectivity index (χ0n) is 18.3. The SMILES string of the molecule is COc1cccc(N2C[C@@]34C=C[C@@H](O3)[C@H](C(=O)N[C@H](C)CCCC(C)C)[C@H]4C2=O)c1. The zero-order valence-corrected chi connectivity index (χ0v) is 18.3. The van der Waals surface area contributed by atoms with Crippen LogP contribution in [0.15, 0.2) is 36.4 Å². The van der Waals surface area contributed by atoms with E-state index in [9.17, 15) is 9.59 Å². The van der Waals surface area contributed by atoms with E-state index in [1.54, 1.807) is 12.0 Å². The Morgan fingerprint density at radius 1 is 1.33 bits per heavy atom. The second-order valence-electron chi connectivity index (χ2n) is 9.26. The number of methoxy groups -OCH3 is 1. The lowest BCUT2D eigenvalue weighted by Crippen LogP contribution is -2.46. The Hall–Kier alpha value is -2.34. The summed E-state index contributed by atoms with van der Waals surface area (Å²) in [4.78, 5) is 28.3. The zero-order chi connectivity index (χ0) is 21.5. The van der Waals surface area contributed by atoms with Crippen molar-refractivity contribution in [1.29, 1.82) is 0 Å². The Labute approximate surface area is 178 Å². The van der Waals surface area contributed by atoms with Gasteiger partial charge in [-0.25, -0.2) is 0 Å². The van der Waals surface area contributed by atoms with E-state index in [0.29, 0.717) is 18.2 Å². The average Bonchev–Trinajstić information content (AvgIpc) is 3.36. The van der Waals surface area contributed by atoms with Crippen molar-refractivity contribution in [3.8, 4) is 5.75 Å². The number of carbonyl (C=O) groups excluding carboxylic acids is 2. The van der Waals surface area contributed by atoms with Crippen LogP contribution in [0.25, 0.3) is 0 Å². The van der Waals surface area contributed by atoms with Crippen LogP contribution in [0.2, 0.25) is 0 Å². The van der Waals surface area contributed by atoms with Crippen LogP contribution in [0.4, 0.5) is 5.69 Å². The van der Waals surface area contributed by atoms with E-state index in [1.807, 2.05) is 43.3 Å². The van der Waals surface area contributed by atoms with Gasteiger partial charge in [-0.1, -0.05) is 44.9 Å². The van der Waals surface area contributed by atoms with E-state index in [-0.39, 0.29) is 24.0 Å². The highest BCUT2D eigenvalue weighted by molar-refractivity contribution is 6.03. The van der Waals surface area contributed by atoms with Crippen LogP contribution in [-0.2, 0) is 14.3 Å². The van der Waals surface area contributed by atoms with Gasteiger partial charge in [0, 0.05) is 17.8 Å². The second kappa shape index (κ2) is 8.06. The van der Waals surface area contributed by atoms with E-state index in [0.717, 1.165) is 24.9 Å². The minimum Gasteiger partial charge on any atom is -0.497 e. The van der Waals surface area contributed by atoms with Gasteiger partial charge in [-0.15, -0.1) is 0 Å². The van der Waals surface area contributed by atoms with E-state index >= 15 is 0 Å². The predicted molar refractivity (Wildman–Crippen MR) is 115 cm³/mol. The lowest BCUT2D eigenvalue weighted by molar-refractivity contribution is -0.132. The third-order valence-electron chi connectivity index (χ3n) is 6.58. The predicted octanol–water partition coefficient (Wildman–Crippen LogP) is 3.31. The largest absolute Gasteiger partial charge is 0.497 e. The van der Waals surface area contributed by atoms with Crippen molar-refractivity contribution in [2.75, 3.05) is 18.6 Å². The Kier molecular flexibility index (Phi) is 5.62. The molecule has 5 atom stereocenters. The fourth-order valence-corrected chi connectivity index (χ4v) is 5.04. The van der Waals surface area contributed by atoms with Crippen molar-refractivity contribution in [2.24, 2.45) is 17.8 Å². The lowest BCUT2D eigenvalue weighted by Gasteiger charge is -2.25. The first kappa shape index (κ1) is 20.9. The number of nitrogens with zero attached hydrogens (tertiary/aromatic N) is 1. The van der Waals surface area contributed by atoms with Crippen LogP contribution in [0.5, 0.6) is 5.75 Å². The van der Waals surface area contributed by atoms with Gasteiger partial charge in [0.25, 0.3) is 0 Å². The van der Waals surface area contributed by atoms with Gasteiger partial charge in [0.05, 0.1) is 31.6 Å². The first-order valence-electron chi connectivity index (χ1n) is 11.0. The van der Waals surface area contributed by atoms with Gasteiger partial charge in [-0.05, 0) is 31.4 Å². The number of rotatable bonds is 8. The summed E-state index contributed by atoms with van der Waals surface area (Å²) in [6.07, 6.45) is 6.78. The maximum Gasteiger partial charge on any atom is 0.234 e. The summed E-state index contributed by atoms with van der Waals surface area (Å²) in [5.41, 5.74) is 0.0538. The molecule has 0 aromatic heterocycles. The van der Waals surface area contributed by atoms with Gasteiger partial charge in [-0.3, -0.25) is 9.59 Å². The third-order valence-corrected chi connectivity index (χ3v) is 6.58. The minimum absolute atomic E-state index is 0.0530. The molecular formula is C24H32N2O4. The third kappa shape index (κ3) is 3.62. The molecule has 6 heteroatoms. The summed E-state index contributed by atoms with van der Waals surface area (Å²) >= 11 is 0. The second-order valence-corrected chi connectivity index (χ2v) is 9.26. The number of nitrogens with one attached hydrogen (secondary N) is 1. The van der Waals surface area contributed by atoms with Crippen LogP contribution in [0.1, 0.15) is 40.0 Å². The van der Waals surface area contributed by atoms with Crippen molar-refractivity contribution in [3.63, 3.8) is 0 Å². The molecule has 1 aromatic rings. The molecule has 3 heterocycles. The van der Waals surface area contributed by atoms with Gasteiger partial charge >= 0.3 is 0 Å². The van der Waals surface area contributed by atoms with Crippen LogP contribution >= 0.6 is 0 Å². The molecular weight excluding hydrogens is 380 g/mol.